The van der Waals surface area contributed by atoms with Gasteiger partial charge in [0.25, 0.3) is 0 Å². The highest BCUT2D eigenvalue weighted by molar-refractivity contribution is 5.83. The van der Waals surface area contributed by atoms with Gasteiger partial charge in [0.1, 0.15) is 18.2 Å². The minimum Gasteiger partial charge on any atom is -0.361 e. The van der Waals surface area contributed by atoms with Crippen molar-refractivity contribution in [3.05, 3.63) is 83.3 Å². The smallest absolute Gasteiger partial charge is 0.192 e. The number of aromatic nitrogens is 4. The van der Waals surface area contributed by atoms with Gasteiger partial charge in [-0.15, -0.1) is 10.2 Å². The first-order valence-corrected chi connectivity index (χ1v) is 10.7. The predicted octanol–water partition coefficient (Wildman–Crippen LogP) is 3.78. The van der Waals surface area contributed by atoms with Gasteiger partial charge in [-0.25, -0.2) is 9.38 Å². The summed E-state index contributed by atoms with van der Waals surface area (Å²) in [6.45, 7) is 5.07. The lowest BCUT2D eigenvalue weighted by Gasteiger charge is -2.19. The minimum atomic E-state index is -0.231. The summed E-state index contributed by atoms with van der Waals surface area (Å²) in [7, 11) is 1.93. The largest absolute Gasteiger partial charge is 0.361 e. The molecular formula is C24H28FN7. The van der Waals surface area contributed by atoms with Crippen LogP contribution in [0.2, 0.25) is 0 Å². The van der Waals surface area contributed by atoms with Crippen LogP contribution >= 0.6 is 0 Å². The van der Waals surface area contributed by atoms with Gasteiger partial charge in [-0.1, -0.05) is 30.3 Å². The lowest BCUT2D eigenvalue weighted by atomic mass is 10.1. The summed E-state index contributed by atoms with van der Waals surface area (Å²) in [6.07, 6.45) is 2.66. The number of aryl methyl sites for hydroxylation is 1. The number of hydrogen-bond donors (Lipinski definition) is 3. The first-order valence-electron chi connectivity index (χ1n) is 10.7. The Morgan fingerprint density at radius 1 is 1.19 bits per heavy atom. The monoisotopic (exact) mass is 433 g/mol. The fourth-order valence-corrected chi connectivity index (χ4v) is 3.59. The zero-order chi connectivity index (χ0) is 22.5. The Bertz CT molecular complexity index is 1210. The van der Waals surface area contributed by atoms with Crippen LogP contribution in [0, 0.1) is 12.7 Å². The van der Waals surface area contributed by atoms with Crippen molar-refractivity contribution in [2.75, 3.05) is 6.54 Å². The first kappa shape index (κ1) is 21.5. The SMILES string of the molecule is Cc1nnc(CN=C(NCCc2c[nH]c3ccc(F)cc23)NC(C)c2ccccc2)n1C. The molecule has 1 unspecified atom stereocenters. The molecule has 0 fully saturated rings. The van der Waals surface area contributed by atoms with Crippen molar-refractivity contribution >= 4 is 16.9 Å². The predicted molar refractivity (Wildman–Crippen MR) is 125 cm³/mol. The molecule has 2 aromatic carbocycles. The second-order valence-corrected chi connectivity index (χ2v) is 7.84. The first-order chi connectivity index (χ1) is 15.5. The van der Waals surface area contributed by atoms with E-state index in [9.17, 15) is 4.39 Å². The molecule has 0 amide bonds. The van der Waals surface area contributed by atoms with E-state index in [1.165, 1.54) is 11.6 Å². The van der Waals surface area contributed by atoms with Crippen LogP contribution in [-0.2, 0) is 20.0 Å². The molecule has 8 heteroatoms. The molecule has 0 saturated carbocycles. The minimum absolute atomic E-state index is 0.0749. The van der Waals surface area contributed by atoms with Gasteiger partial charge in [-0.2, -0.15) is 0 Å². The molecule has 3 N–H and O–H groups in total. The van der Waals surface area contributed by atoms with Crippen molar-refractivity contribution in [3.63, 3.8) is 0 Å². The maximum absolute atomic E-state index is 13.7. The number of aliphatic imine (C=N–C) groups is 1. The van der Waals surface area contributed by atoms with E-state index in [0.717, 1.165) is 34.5 Å². The molecule has 166 valence electrons. The van der Waals surface area contributed by atoms with Gasteiger partial charge in [-0.05, 0) is 49.6 Å². The molecule has 1 atom stereocenters. The normalized spacial score (nSPS) is 12.8. The second kappa shape index (κ2) is 9.64. The van der Waals surface area contributed by atoms with Gasteiger partial charge in [0.2, 0.25) is 0 Å². The lowest BCUT2D eigenvalue weighted by Crippen LogP contribution is -2.39. The molecular weight excluding hydrogens is 405 g/mol. The topological polar surface area (TPSA) is 82.9 Å². The number of nitrogens with zero attached hydrogens (tertiary/aromatic N) is 4. The van der Waals surface area contributed by atoms with Gasteiger partial charge >= 0.3 is 0 Å². The summed E-state index contributed by atoms with van der Waals surface area (Å²) in [5, 5.41) is 16.1. The molecule has 0 radical (unpaired) electrons. The molecule has 0 aliphatic heterocycles. The van der Waals surface area contributed by atoms with E-state index in [-0.39, 0.29) is 11.9 Å². The maximum Gasteiger partial charge on any atom is 0.192 e. The van der Waals surface area contributed by atoms with Crippen LogP contribution in [0.15, 0.2) is 59.7 Å². The van der Waals surface area contributed by atoms with E-state index >= 15 is 0 Å². The Labute approximate surface area is 186 Å². The Balaban J connectivity index is 1.46. The van der Waals surface area contributed by atoms with Crippen molar-refractivity contribution < 1.29 is 4.39 Å². The van der Waals surface area contributed by atoms with E-state index in [4.69, 9.17) is 4.99 Å². The molecule has 7 nitrogen and oxygen atoms in total. The third-order valence-electron chi connectivity index (χ3n) is 5.63. The molecule has 32 heavy (non-hydrogen) atoms. The number of H-pyrrole nitrogens is 1. The van der Waals surface area contributed by atoms with Crippen molar-refractivity contribution in [2.45, 2.75) is 32.9 Å². The summed E-state index contributed by atoms with van der Waals surface area (Å²) in [5.74, 6) is 2.10. The fourth-order valence-electron chi connectivity index (χ4n) is 3.59. The van der Waals surface area contributed by atoms with Crippen molar-refractivity contribution in [2.24, 2.45) is 12.0 Å². The Hall–Kier alpha value is -3.68. The van der Waals surface area contributed by atoms with Crippen molar-refractivity contribution in [1.82, 2.24) is 30.4 Å². The number of nitrogens with one attached hydrogen (secondary N) is 3. The highest BCUT2D eigenvalue weighted by Gasteiger charge is 2.10. The summed E-state index contributed by atoms with van der Waals surface area (Å²) in [6, 6.07) is 15.1. The standard InChI is InChI=1S/C24H28FN7/c1-16(18-7-5-4-6-8-18)29-24(28-15-23-31-30-17(2)32(23)3)26-12-11-19-14-27-22-10-9-20(25)13-21(19)22/h4-10,13-14,16,27H,11-12,15H2,1-3H3,(H2,26,28,29). The highest BCUT2D eigenvalue weighted by atomic mass is 19.1. The Morgan fingerprint density at radius 2 is 2.00 bits per heavy atom. The zero-order valence-corrected chi connectivity index (χ0v) is 18.6. The van der Waals surface area contributed by atoms with Crippen LogP contribution in [0.25, 0.3) is 10.9 Å². The average molecular weight is 434 g/mol. The maximum atomic E-state index is 13.7. The number of fused-ring (bicyclic) bond motifs is 1. The van der Waals surface area contributed by atoms with E-state index in [0.29, 0.717) is 19.0 Å². The molecule has 2 aromatic heterocycles. The number of guanidine groups is 1. The van der Waals surface area contributed by atoms with E-state index in [1.54, 1.807) is 12.1 Å². The zero-order valence-electron chi connectivity index (χ0n) is 18.6. The number of halogens is 1. The van der Waals surface area contributed by atoms with Crippen LogP contribution in [0.1, 0.15) is 35.7 Å². The lowest BCUT2D eigenvalue weighted by molar-refractivity contribution is 0.629. The molecule has 0 aliphatic carbocycles. The molecule has 0 saturated heterocycles. The number of rotatable bonds is 7. The van der Waals surface area contributed by atoms with E-state index in [1.807, 2.05) is 42.9 Å². The molecule has 0 bridgehead atoms. The number of hydrogen-bond acceptors (Lipinski definition) is 3. The quantitative estimate of drug-likeness (QED) is 0.306. The Morgan fingerprint density at radius 3 is 2.75 bits per heavy atom. The van der Waals surface area contributed by atoms with E-state index in [2.05, 4.69) is 44.9 Å². The van der Waals surface area contributed by atoms with Gasteiger partial charge in [0.15, 0.2) is 11.8 Å². The van der Waals surface area contributed by atoms with Gasteiger partial charge in [0.05, 0.1) is 6.04 Å². The van der Waals surface area contributed by atoms with Crippen LogP contribution in [0.5, 0.6) is 0 Å². The molecule has 4 aromatic rings. The van der Waals surface area contributed by atoms with Gasteiger partial charge in [-0.3, -0.25) is 0 Å². The summed E-state index contributed by atoms with van der Waals surface area (Å²) in [5.41, 5.74) is 3.17. The summed E-state index contributed by atoms with van der Waals surface area (Å²) in [4.78, 5) is 7.94. The second-order valence-electron chi connectivity index (χ2n) is 7.84. The molecule has 2 heterocycles. The average Bonchev–Trinajstić information content (AvgIpc) is 3.35. The molecule has 0 spiro atoms. The fraction of sp³-hybridized carbons (Fsp3) is 0.292. The van der Waals surface area contributed by atoms with E-state index < -0.39 is 0 Å². The number of benzene rings is 2. The Kier molecular flexibility index (Phi) is 6.49. The van der Waals surface area contributed by atoms with Crippen LogP contribution in [0.4, 0.5) is 4.39 Å². The molecule has 0 aliphatic rings. The van der Waals surface area contributed by atoms with Crippen molar-refractivity contribution in [1.29, 1.82) is 0 Å². The third kappa shape index (κ3) is 4.96. The van der Waals surface area contributed by atoms with Crippen LogP contribution in [-0.4, -0.2) is 32.3 Å². The number of aromatic amines is 1. The van der Waals surface area contributed by atoms with Gasteiger partial charge < -0.3 is 20.2 Å². The summed E-state index contributed by atoms with van der Waals surface area (Å²) >= 11 is 0. The molecule has 4 rings (SSSR count). The van der Waals surface area contributed by atoms with Crippen LogP contribution < -0.4 is 10.6 Å². The van der Waals surface area contributed by atoms with Crippen molar-refractivity contribution in [3.8, 4) is 0 Å². The summed E-state index contributed by atoms with van der Waals surface area (Å²) < 4.78 is 15.6. The highest BCUT2D eigenvalue weighted by Crippen LogP contribution is 2.19. The van der Waals surface area contributed by atoms with Crippen LogP contribution in [0.3, 0.4) is 0 Å². The third-order valence-corrected chi connectivity index (χ3v) is 5.63. The van der Waals surface area contributed by atoms with Gasteiger partial charge in [0, 0.05) is 30.7 Å².